The molecule has 1 N–H and O–H groups in total. The molecular formula is C17H17BO4. The van der Waals surface area contributed by atoms with Crippen molar-refractivity contribution in [3.8, 4) is 0 Å². The van der Waals surface area contributed by atoms with E-state index in [-0.39, 0.29) is 0 Å². The Balaban J connectivity index is 2.31. The van der Waals surface area contributed by atoms with Gasteiger partial charge in [-0.1, -0.05) is 53.6 Å². The molecule has 112 valence electrons. The Labute approximate surface area is 129 Å². The highest BCUT2D eigenvalue weighted by Crippen LogP contribution is 2.39. The number of carbonyl (C=O) groups excluding carboxylic acids is 1. The Kier molecular flexibility index (Phi) is 3.55. The molecule has 5 heteroatoms. The van der Waals surface area contributed by atoms with Crippen LogP contribution in [0.4, 0.5) is 0 Å². The largest absolute Gasteiger partial charge is 0.492 e. The van der Waals surface area contributed by atoms with Crippen molar-refractivity contribution in [1.82, 2.24) is 0 Å². The fourth-order valence-corrected chi connectivity index (χ4v) is 3.15. The highest BCUT2D eigenvalue weighted by molar-refractivity contribution is 6.62. The lowest BCUT2D eigenvalue weighted by molar-refractivity contribution is -0.156. The highest BCUT2D eigenvalue weighted by atomic mass is 16.6. The molecule has 0 aromatic heterocycles. The van der Waals surface area contributed by atoms with Crippen molar-refractivity contribution < 1.29 is 19.2 Å². The Bertz CT molecular complexity index is 723. The van der Waals surface area contributed by atoms with Crippen LogP contribution in [0.5, 0.6) is 0 Å². The van der Waals surface area contributed by atoms with Crippen molar-refractivity contribution in [2.75, 3.05) is 7.11 Å². The standard InChI is InChI=1S/C17H17BO4/c1-11-8-12(2)10-13(9-11)17(16(19)21-3)14-6-4-5-7-15(14)18(20)22-17/h4-10,20H,1-3H3. The number of esters is 1. The van der Waals surface area contributed by atoms with E-state index >= 15 is 0 Å². The zero-order valence-corrected chi connectivity index (χ0v) is 12.8. The van der Waals surface area contributed by atoms with Crippen LogP contribution in [0, 0.1) is 13.8 Å². The van der Waals surface area contributed by atoms with Crippen molar-refractivity contribution in [2.45, 2.75) is 19.4 Å². The van der Waals surface area contributed by atoms with Crippen molar-refractivity contribution >= 4 is 18.6 Å². The number of hydrogen-bond acceptors (Lipinski definition) is 4. The van der Waals surface area contributed by atoms with Gasteiger partial charge in [0.25, 0.3) is 0 Å². The molecule has 1 aliphatic rings. The van der Waals surface area contributed by atoms with Crippen LogP contribution in [0.25, 0.3) is 0 Å². The molecule has 1 unspecified atom stereocenters. The molecule has 1 aliphatic heterocycles. The molecule has 0 bridgehead atoms. The minimum atomic E-state index is -1.43. The van der Waals surface area contributed by atoms with Crippen LogP contribution < -0.4 is 5.46 Å². The normalized spacial score (nSPS) is 19.9. The van der Waals surface area contributed by atoms with Gasteiger partial charge in [-0.05, 0) is 30.4 Å². The third-order valence-corrected chi connectivity index (χ3v) is 4.00. The van der Waals surface area contributed by atoms with E-state index in [0.717, 1.165) is 11.1 Å². The van der Waals surface area contributed by atoms with Gasteiger partial charge in [-0.25, -0.2) is 4.79 Å². The predicted molar refractivity (Wildman–Crippen MR) is 83.8 cm³/mol. The van der Waals surface area contributed by atoms with E-state index in [1.807, 2.05) is 38.1 Å². The molecule has 22 heavy (non-hydrogen) atoms. The second-order valence-electron chi connectivity index (χ2n) is 5.61. The van der Waals surface area contributed by atoms with Crippen LogP contribution in [0.3, 0.4) is 0 Å². The summed E-state index contributed by atoms with van der Waals surface area (Å²) in [6.45, 7) is 3.91. The average Bonchev–Trinajstić information content (AvgIpc) is 2.80. The molecule has 0 saturated heterocycles. The minimum absolute atomic E-state index is 0.540. The molecule has 0 saturated carbocycles. The van der Waals surface area contributed by atoms with Gasteiger partial charge in [0, 0.05) is 0 Å². The number of methoxy groups -OCH3 is 1. The lowest BCUT2D eigenvalue weighted by Crippen LogP contribution is -2.40. The second kappa shape index (κ2) is 5.27. The van der Waals surface area contributed by atoms with E-state index in [1.54, 1.807) is 18.2 Å². The molecule has 0 aliphatic carbocycles. The van der Waals surface area contributed by atoms with Gasteiger partial charge in [0.1, 0.15) is 0 Å². The van der Waals surface area contributed by atoms with Gasteiger partial charge in [-0.2, -0.15) is 0 Å². The minimum Gasteiger partial charge on any atom is -0.466 e. The van der Waals surface area contributed by atoms with E-state index in [9.17, 15) is 9.82 Å². The number of ether oxygens (including phenoxy) is 1. The molecular weight excluding hydrogens is 279 g/mol. The van der Waals surface area contributed by atoms with Gasteiger partial charge in [-0.3, -0.25) is 0 Å². The summed E-state index contributed by atoms with van der Waals surface area (Å²) >= 11 is 0. The first-order valence-corrected chi connectivity index (χ1v) is 7.11. The number of hydrogen-bond donors (Lipinski definition) is 1. The van der Waals surface area contributed by atoms with Gasteiger partial charge in [0.2, 0.25) is 5.60 Å². The molecule has 0 fully saturated rings. The molecule has 3 rings (SSSR count). The van der Waals surface area contributed by atoms with Crippen molar-refractivity contribution in [3.05, 3.63) is 64.7 Å². The summed E-state index contributed by atoms with van der Waals surface area (Å²) in [6.07, 6.45) is 0. The lowest BCUT2D eigenvalue weighted by atomic mass is 9.77. The molecule has 2 aromatic carbocycles. The predicted octanol–water partition coefficient (Wildman–Crippen LogP) is 1.44. The lowest BCUT2D eigenvalue weighted by Gasteiger charge is -2.29. The molecule has 0 spiro atoms. The first kappa shape index (κ1) is 14.8. The van der Waals surface area contributed by atoms with E-state index in [0.29, 0.717) is 16.6 Å². The van der Waals surface area contributed by atoms with Crippen molar-refractivity contribution in [3.63, 3.8) is 0 Å². The van der Waals surface area contributed by atoms with Crippen molar-refractivity contribution in [2.24, 2.45) is 0 Å². The van der Waals surface area contributed by atoms with Crippen LogP contribution in [-0.2, 0) is 19.8 Å². The first-order chi connectivity index (χ1) is 10.5. The summed E-state index contributed by atoms with van der Waals surface area (Å²) in [5.74, 6) is -0.540. The van der Waals surface area contributed by atoms with Crippen LogP contribution in [0.2, 0.25) is 0 Å². The van der Waals surface area contributed by atoms with Crippen molar-refractivity contribution in [1.29, 1.82) is 0 Å². The maximum absolute atomic E-state index is 12.6. The number of benzene rings is 2. The van der Waals surface area contributed by atoms with Gasteiger partial charge in [-0.15, -0.1) is 0 Å². The fraction of sp³-hybridized carbons (Fsp3) is 0.235. The van der Waals surface area contributed by atoms with Crippen LogP contribution in [-0.4, -0.2) is 25.2 Å². The molecule has 4 nitrogen and oxygen atoms in total. The van der Waals surface area contributed by atoms with Gasteiger partial charge >= 0.3 is 13.1 Å². The molecule has 0 radical (unpaired) electrons. The van der Waals surface area contributed by atoms with Gasteiger partial charge < -0.3 is 14.4 Å². The SMILES string of the molecule is COC(=O)C1(c2cc(C)cc(C)c2)OB(O)c2ccccc21. The summed E-state index contributed by atoms with van der Waals surface area (Å²) in [4.78, 5) is 12.6. The van der Waals surface area contributed by atoms with E-state index in [1.165, 1.54) is 7.11 Å². The van der Waals surface area contributed by atoms with E-state index < -0.39 is 18.7 Å². The van der Waals surface area contributed by atoms with Crippen LogP contribution >= 0.6 is 0 Å². The summed E-state index contributed by atoms with van der Waals surface area (Å²) < 4.78 is 10.8. The first-order valence-electron chi connectivity index (χ1n) is 7.11. The molecule has 1 heterocycles. The number of aryl methyl sites for hydroxylation is 2. The summed E-state index contributed by atoms with van der Waals surface area (Å²) in [5.41, 5.74) is 2.48. The maximum Gasteiger partial charge on any atom is 0.492 e. The van der Waals surface area contributed by atoms with Gasteiger partial charge in [0.15, 0.2) is 0 Å². The Morgan fingerprint density at radius 2 is 1.82 bits per heavy atom. The topological polar surface area (TPSA) is 55.8 Å². The van der Waals surface area contributed by atoms with Crippen LogP contribution in [0.15, 0.2) is 42.5 Å². The zero-order valence-electron chi connectivity index (χ0n) is 12.8. The smallest absolute Gasteiger partial charge is 0.466 e. The highest BCUT2D eigenvalue weighted by Gasteiger charge is 2.54. The quantitative estimate of drug-likeness (QED) is 0.673. The third-order valence-electron chi connectivity index (χ3n) is 4.00. The molecule has 1 atom stereocenters. The number of rotatable bonds is 2. The van der Waals surface area contributed by atoms with Crippen LogP contribution in [0.1, 0.15) is 22.3 Å². The monoisotopic (exact) mass is 296 g/mol. The molecule has 2 aromatic rings. The average molecular weight is 296 g/mol. The van der Waals surface area contributed by atoms with E-state index in [4.69, 9.17) is 9.39 Å². The summed E-state index contributed by atoms with van der Waals surface area (Å²) in [7, 11) is 0.166. The van der Waals surface area contributed by atoms with E-state index in [2.05, 4.69) is 0 Å². The number of carbonyl (C=O) groups is 1. The Morgan fingerprint density at radius 1 is 1.18 bits per heavy atom. The second-order valence-corrected chi connectivity index (χ2v) is 5.61. The summed E-state index contributed by atoms with van der Waals surface area (Å²) in [6, 6.07) is 13.0. The van der Waals surface area contributed by atoms with Gasteiger partial charge in [0.05, 0.1) is 7.11 Å². The zero-order chi connectivity index (χ0) is 15.9. The summed E-state index contributed by atoms with van der Waals surface area (Å²) in [5, 5.41) is 10.2. The fourth-order valence-electron chi connectivity index (χ4n) is 3.15. The number of fused-ring (bicyclic) bond motifs is 1. The molecule has 0 amide bonds. The Morgan fingerprint density at radius 3 is 2.45 bits per heavy atom. The third kappa shape index (κ3) is 2.05. The Hall–Kier alpha value is -2.11. The maximum atomic E-state index is 12.6.